The van der Waals surface area contributed by atoms with Gasteiger partial charge in [-0.3, -0.25) is 0 Å². The second-order valence-corrected chi connectivity index (χ2v) is 22.5. The fourth-order valence-electron chi connectivity index (χ4n) is 12.3. The zero-order valence-electron chi connectivity index (χ0n) is 42.9. The van der Waals surface area contributed by atoms with Gasteiger partial charge in [-0.1, -0.05) is 12.2 Å². The number of hydrogen-bond acceptors (Lipinski definition) is 26. The molecule has 8 fully saturated rings. The van der Waals surface area contributed by atoms with E-state index < -0.39 is 203 Å². The standard InChI is InChI=1S/C51H80O27/c52-17-34-39(61)42(64)45(67)51(76-34)75-33-16-24-30(14-23(53)15-31(24)73-49-46(68)43(65)40(62)35(77-49)18-70-37(59)9-3-20-1-6-25(54)28(57)11-20)72-48(33)22-5-8-27(56)32(13-22)74-50-47(69)44(66)41(63)36(78-50)19-71-38(60)10-4-21-2-7-26(55)29(58)12-21/h3-4,9-10,20-36,39-58,61-69H,1-2,5-8,11-19H2/p+1/t20?,21?,22?,23?,24?,25?,26?,27?,28?,29?,30?,31?,32?,33?,34-,35-,36-,39-,40-,41-,42+,43+,44+,45-,46-,47-,48?,49-,50-,51-/m1/s1. The first kappa shape index (κ1) is 61.6. The molecule has 27 heteroatoms. The Kier molecular flexibility index (Phi) is 21.5. The SMILES string of the molecule is O=C(C=CC1CCC(O)C(O)C1)OC[C@H]1O[C@@H](OC2CC(C3[OH+]C4CC(O)CC(O[C@@H]5O[C@H](COC(=O)C=CC6CCC(O)C(O)C6)[C@@H](O)[C@H](O)[C@H]5O)C4CC3O[C@@H]3O[C@H](CO)[C@@H](O)[C@H](O)[C@H]3O)CCC2O)[C@H](O)[C@@H](O)[C@@H]1O. The number of allylic oxidation sites excluding steroid dienone is 2. The van der Waals surface area contributed by atoms with Gasteiger partial charge in [-0.15, -0.1) is 0 Å². The Balaban J connectivity index is 0.945. The largest absolute Gasteiger partial charge is 0.460 e. The van der Waals surface area contributed by atoms with Gasteiger partial charge in [-0.05, 0) is 76.0 Å². The van der Waals surface area contributed by atoms with Crippen molar-refractivity contribution < 1.29 is 134 Å². The Labute approximate surface area is 449 Å². The van der Waals surface area contributed by atoms with Crippen LogP contribution in [0.2, 0.25) is 0 Å². The Morgan fingerprint density at radius 3 is 1.38 bits per heavy atom. The summed E-state index contributed by atoms with van der Waals surface area (Å²) in [7, 11) is 0. The molecule has 27 nitrogen and oxygen atoms in total. The van der Waals surface area contributed by atoms with Crippen LogP contribution in [0.25, 0.3) is 0 Å². The number of esters is 2. The minimum absolute atomic E-state index is 0.00970. The summed E-state index contributed by atoms with van der Waals surface area (Å²) in [5.41, 5.74) is 0. The lowest BCUT2D eigenvalue weighted by molar-refractivity contribution is -0.368. The molecule has 4 heterocycles. The molecule has 4 aliphatic heterocycles. The molecule has 78 heavy (non-hydrogen) atoms. The molecule has 0 radical (unpaired) electrons. The summed E-state index contributed by atoms with van der Waals surface area (Å²) in [5.74, 6) is -3.29. The third-order valence-electron chi connectivity index (χ3n) is 17.1. The van der Waals surface area contributed by atoms with Crippen molar-refractivity contribution in [2.24, 2.45) is 23.7 Å². The quantitative estimate of drug-likeness (QED) is 0.0388. The maximum Gasteiger partial charge on any atom is 0.330 e. The number of fused-ring (bicyclic) bond motifs is 1. The second kappa shape index (κ2) is 27.3. The highest BCUT2D eigenvalue weighted by Crippen LogP contribution is 2.45. The first-order valence-electron chi connectivity index (χ1n) is 27.2. The molecule has 4 saturated heterocycles. The summed E-state index contributed by atoms with van der Waals surface area (Å²) in [6, 6.07) is 0. The van der Waals surface area contributed by atoms with Crippen LogP contribution in [-0.2, 0) is 47.5 Å². The van der Waals surface area contributed by atoms with Crippen LogP contribution in [0.15, 0.2) is 24.3 Å². The van der Waals surface area contributed by atoms with Crippen molar-refractivity contribution in [1.82, 2.24) is 0 Å². The van der Waals surface area contributed by atoms with E-state index in [0.717, 1.165) is 12.2 Å². The Morgan fingerprint density at radius 2 is 0.897 bits per heavy atom. The van der Waals surface area contributed by atoms with Crippen LogP contribution < -0.4 is 0 Å². The van der Waals surface area contributed by atoms with E-state index in [-0.39, 0.29) is 63.2 Å². The van der Waals surface area contributed by atoms with Crippen molar-refractivity contribution in [3.8, 4) is 0 Å². The molecule has 8 rings (SSSR count). The normalized spacial score (nSPS) is 49.5. The minimum Gasteiger partial charge on any atom is -0.460 e. The molecule has 30 atom stereocenters. The zero-order chi connectivity index (χ0) is 56.3. The van der Waals surface area contributed by atoms with Gasteiger partial charge in [-0.2, -0.15) is 0 Å². The van der Waals surface area contributed by atoms with Crippen molar-refractivity contribution in [3.63, 3.8) is 0 Å². The van der Waals surface area contributed by atoms with Crippen LogP contribution in [0.3, 0.4) is 0 Å². The van der Waals surface area contributed by atoms with Crippen LogP contribution in [0, 0.1) is 23.7 Å². The zero-order valence-corrected chi connectivity index (χ0v) is 42.9. The van der Waals surface area contributed by atoms with Crippen molar-refractivity contribution in [3.05, 3.63) is 24.3 Å². The van der Waals surface area contributed by atoms with Gasteiger partial charge in [0.2, 0.25) is 0 Å². The molecule has 4 saturated carbocycles. The van der Waals surface area contributed by atoms with Gasteiger partial charge >= 0.3 is 11.9 Å². The Bertz CT molecular complexity index is 1980. The fourth-order valence-corrected chi connectivity index (χ4v) is 12.3. The highest BCUT2D eigenvalue weighted by molar-refractivity contribution is 5.82. The Hall–Kier alpha value is -2.50. The number of aliphatic hydroxyl groups is 18. The predicted octanol–water partition coefficient (Wildman–Crippen LogP) is -6.60. The molecule has 8 aliphatic rings. The van der Waals surface area contributed by atoms with Gasteiger partial charge < -0.3 is 124 Å². The number of carbonyl (C=O) groups is 2. The monoisotopic (exact) mass is 1130 g/mol. The van der Waals surface area contributed by atoms with Crippen LogP contribution in [0.1, 0.15) is 77.0 Å². The van der Waals surface area contributed by atoms with E-state index in [9.17, 15) is 91.3 Å². The molecular formula is C51H81O27+. The van der Waals surface area contributed by atoms with Gasteiger partial charge in [0.15, 0.2) is 31.1 Å². The van der Waals surface area contributed by atoms with Crippen molar-refractivity contribution in [2.75, 3.05) is 19.8 Å². The summed E-state index contributed by atoms with van der Waals surface area (Å²) in [5, 5.41) is 170. The van der Waals surface area contributed by atoms with E-state index in [2.05, 4.69) is 0 Å². The molecule has 0 bridgehead atoms. The topological polar surface area (TPSA) is 444 Å². The Morgan fingerprint density at radius 1 is 0.449 bits per heavy atom. The van der Waals surface area contributed by atoms with E-state index in [1.807, 2.05) is 0 Å². The van der Waals surface area contributed by atoms with Crippen LogP contribution >= 0.6 is 0 Å². The number of hydrogen-bond donors (Lipinski definition) is 16. The molecular weight excluding hydrogens is 1040 g/mol. The van der Waals surface area contributed by atoms with Gasteiger partial charge in [0.1, 0.15) is 92.6 Å². The minimum atomic E-state index is -1.85. The average molecular weight is 1130 g/mol. The van der Waals surface area contributed by atoms with E-state index in [0.29, 0.717) is 25.7 Å². The van der Waals surface area contributed by atoms with Crippen LogP contribution in [0.4, 0.5) is 0 Å². The van der Waals surface area contributed by atoms with Crippen molar-refractivity contribution in [1.29, 1.82) is 0 Å². The summed E-state index contributed by atoms with van der Waals surface area (Å²) in [6.07, 6.45) is -28.0. The molecule has 0 aromatic rings. The summed E-state index contributed by atoms with van der Waals surface area (Å²) in [6.45, 7) is -1.94. The summed E-state index contributed by atoms with van der Waals surface area (Å²) < 4.78 is 52.2. The van der Waals surface area contributed by atoms with E-state index in [1.54, 1.807) is 12.2 Å². The maximum absolute atomic E-state index is 12.7. The summed E-state index contributed by atoms with van der Waals surface area (Å²) >= 11 is 0. The predicted molar refractivity (Wildman–Crippen MR) is 257 cm³/mol. The highest BCUT2D eigenvalue weighted by Gasteiger charge is 2.57. The number of rotatable bonds is 16. The third-order valence-corrected chi connectivity index (χ3v) is 17.1. The van der Waals surface area contributed by atoms with E-state index in [1.165, 1.54) is 0 Å². The van der Waals surface area contributed by atoms with E-state index >= 15 is 0 Å². The van der Waals surface area contributed by atoms with Crippen LogP contribution in [0.5, 0.6) is 0 Å². The van der Waals surface area contributed by atoms with Crippen molar-refractivity contribution in [2.45, 2.75) is 236 Å². The molecule has 0 aromatic heterocycles. The van der Waals surface area contributed by atoms with Gasteiger partial charge in [0.25, 0.3) is 0 Å². The van der Waals surface area contributed by atoms with Gasteiger partial charge in [-0.25, -0.2) is 9.59 Å². The fraction of sp³-hybridized carbons (Fsp3) is 0.882. The lowest BCUT2D eigenvalue weighted by atomic mass is 9.72. The van der Waals surface area contributed by atoms with Gasteiger partial charge in [0.05, 0.1) is 61.4 Å². The molecule has 0 spiro atoms. The smallest absolute Gasteiger partial charge is 0.330 e. The molecule has 446 valence electrons. The number of aliphatic hydroxyl groups excluding tert-OH is 16. The molecule has 15 unspecified atom stereocenters. The lowest BCUT2D eigenvalue weighted by Crippen LogP contribution is -2.64. The third kappa shape index (κ3) is 14.6. The molecule has 17 N–H and O–H groups in total. The van der Waals surface area contributed by atoms with Crippen LogP contribution in [-0.4, -0.2) is 277 Å². The number of carbonyl (C=O) groups excluding carboxylic acids is 2. The van der Waals surface area contributed by atoms with E-state index in [4.69, 9.17) is 42.6 Å². The first-order chi connectivity index (χ1) is 37.1. The first-order valence-corrected chi connectivity index (χ1v) is 27.2. The molecule has 0 amide bonds. The summed E-state index contributed by atoms with van der Waals surface area (Å²) in [4.78, 5) is 25.4. The number of ether oxygens (including phenoxy) is 9. The maximum atomic E-state index is 12.7. The second-order valence-electron chi connectivity index (χ2n) is 22.5. The molecule has 0 aromatic carbocycles. The average Bonchev–Trinajstić information content (AvgIpc) is 3.54. The van der Waals surface area contributed by atoms with Crippen molar-refractivity contribution >= 4 is 11.9 Å². The molecule has 4 aliphatic carbocycles. The van der Waals surface area contributed by atoms with Gasteiger partial charge in [0, 0.05) is 30.9 Å². The highest BCUT2D eigenvalue weighted by atomic mass is 16.7. The lowest BCUT2D eigenvalue weighted by Gasteiger charge is -2.50.